The number of hydrogen-bond acceptors (Lipinski definition) is 4. The molecule has 1 rings (SSSR count). The SMILES string of the molecule is COCCc1ccc(S(=O)(=O)NCCN)cc1.Cl. The fourth-order valence-electron chi connectivity index (χ4n) is 1.33. The first-order chi connectivity index (χ1) is 8.10. The molecule has 3 N–H and O–H groups in total. The van der Waals surface area contributed by atoms with Crippen molar-refractivity contribution in [2.45, 2.75) is 11.3 Å². The molecule has 18 heavy (non-hydrogen) atoms. The van der Waals surface area contributed by atoms with Crippen molar-refractivity contribution in [3.63, 3.8) is 0 Å². The van der Waals surface area contributed by atoms with Gasteiger partial charge in [0.2, 0.25) is 10.0 Å². The number of nitrogens with one attached hydrogen (secondary N) is 1. The van der Waals surface area contributed by atoms with Gasteiger partial charge in [0.25, 0.3) is 0 Å². The Morgan fingerprint density at radius 2 is 1.89 bits per heavy atom. The summed E-state index contributed by atoms with van der Waals surface area (Å²) in [5.41, 5.74) is 6.30. The van der Waals surface area contributed by atoms with Crippen molar-refractivity contribution in [3.8, 4) is 0 Å². The molecule has 0 saturated heterocycles. The molecule has 0 heterocycles. The van der Waals surface area contributed by atoms with Crippen LogP contribution in [0, 0.1) is 0 Å². The molecule has 1 aromatic rings. The summed E-state index contributed by atoms with van der Waals surface area (Å²) in [4.78, 5) is 0.257. The summed E-state index contributed by atoms with van der Waals surface area (Å²) in [7, 11) is -1.79. The zero-order chi connectivity index (χ0) is 12.7. The van der Waals surface area contributed by atoms with Gasteiger partial charge in [0.15, 0.2) is 0 Å². The average Bonchev–Trinajstić information content (AvgIpc) is 2.34. The third-order valence-electron chi connectivity index (χ3n) is 2.26. The lowest BCUT2D eigenvalue weighted by Crippen LogP contribution is -2.29. The zero-order valence-electron chi connectivity index (χ0n) is 10.3. The zero-order valence-corrected chi connectivity index (χ0v) is 11.9. The molecule has 1 aromatic carbocycles. The van der Waals surface area contributed by atoms with Gasteiger partial charge in [0.05, 0.1) is 11.5 Å². The highest BCUT2D eigenvalue weighted by Crippen LogP contribution is 2.10. The summed E-state index contributed by atoms with van der Waals surface area (Å²) in [6.07, 6.45) is 0.771. The topological polar surface area (TPSA) is 81.4 Å². The van der Waals surface area contributed by atoms with E-state index >= 15 is 0 Å². The molecule has 7 heteroatoms. The summed E-state index contributed by atoms with van der Waals surface area (Å²) in [5, 5.41) is 0. The second-order valence-corrected chi connectivity index (χ2v) is 5.34. The smallest absolute Gasteiger partial charge is 0.240 e. The average molecular weight is 295 g/mol. The van der Waals surface area contributed by atoms with Crippen LogP contribution in [0.3, 0.4) is 0 Å². The Balaban J connectivity index is 0.00000289. The van der Waals surface area contributed by atoms with Gasteiger partial charge in [0, 0.05) is 20.2 Å². The van der Waals surface area contributed by atoms with E-state index in [2.05, 4.69) is 4.72 Å². The molecule has 104 valence electrons. The summed E-state index contributed by atoms with van der Waals surface area (Å²) in [6, 6.07) is 6.75. The van der Waals surface area contributed by atoms with Crippen LogP contribution in [0.5, 0.6) is 0 Å². The van der Waals surface area contributed by atoms with E-state index in [9.17, 15) is 8.42 Å². The predicted molar refractivity (Wildman–Crippen MR) is 73.5 cm³/mol. The number of nitrogens with two attached hydrogens (primary N) is 1. The number of halogens is 1. The molecule has 0 fully saturated rings. The maximum absolute atomic E-state index is 11.7. The fourth-order valence-corrected chi connectivity index (χ4v) is 2.38. The molecule has 5 nitrogen and oxygen atoms in total. The van der Waals surface area contributed by atoms with E-state index in [-0.39, 0.29) is 30.4 Å². The van der Waals surface area contributed by atoms with E-state index in [0.29, 0.717) is 6.61 Å². The maximum atomic E-state index is 11.7. The molecular weight excluding hydrogens is 276 g/mol. The lowest BCUT2D eigenvalue weighted by Gasteiger charge is -2.06. The van der Waals surface area contributed by atoms with Crippen LogP contribution >= 0.6 is 12.4 Å². The largest absolute Gasteiger partial charge is 0.384 e. The quantitative estimate of drug-likeness (QED) is 0.769. The number of hydrogen-bond donors (Lipinski definition) is 2. The van der Waals surface area contributed by atoms with Gasteiger partial charge in [-0.3, -0.25) is 0 Å². The molecule has 0 amide bonds. The second kappa shape index (κ2) is 8.44. The summed E-state index contributed by atoms with van der Waals surface area (Å²) < 4.78 is 30.8. The fraction of sp³-hybridized carbons (Fsp3) is 0.455. The van der Waals surface area contributed by atoms with E-state index < -0.39 is 10.0 Å². The van der Waals surface area contributed by atoms with E-state index in [1.807, 2.05) is 0 Å². The summed E-state index contributed by atoms with van der Waals surface area (Å²) in [5.74, 6) is 0. The standard InChI is InChI=1S/C11H18N2O3S.ClH/c1-16-9-6-10-2-4-11(5-3-10)17(14,15)13-8-7-12;/h2-5,13H,6-9,12H2,1H3;1H. The van der Waals surface area contributed by atoms with Crippen molar-refractivity contribution in [2.75, 3.05) is 26.8 Å². The highest BCUT2D eigenvalue weighted by molar-refractivity contribution is 7.89. The molecule has 0 atom stereocenters. The van der Waals surface area contributed by atoms with Crippen LogP contribution in [0.4, 0.5) is 0 Å². The van der Waals surface area contributed by atoms with E-state index in [1.165, 1.54) is 0 Å². The summed E-state index contributed by atoms with van der Waals surface area (Å²) >= 11 is 0. The van der Waals surface area contributed by atoms with Gasteiger partial charge in [-0.15, -0.1) is 12.4 Å². The third kappa shape index (κ3) is 5.32. The van der Waals surface area contributed by atoms with Gasteiger partial charge in [-0.05, 0) is 24.1 Å². The molecule has 0 aliphatic heterocycles. The van der Waals surface area contributed by atoms with Crippen molar-refractivity contribution in [1.82, 2.24) is 4.72 Å². The normalized spacial score (nSPS) is 11.0. The van der Waals surface area contributed by atoms with Crippen molar-refractivity contribution in [3.05, 3.63) is 29.8 Å². The molecule has 0 aliphatic rings. The predicted octanol–water partition coefficient (Wildman–Crippen LogP) is 0.534. The van der Waals surface area contributed by atoms with Gasteiger partial charge in [-0.2, -0.15) is 0 Å². The van der Waals surface area contributed by atoms with Crippen LogP contribution in [0.25, 0.3) is 0 Å². The highest BCUT2D eigenvalue weighted by Gasteiger charge is 2.12. The Morgan fingerprint density at radius 3 is 2.39 bits per heavy atom. The number of methoxy groups -OCH3 is 1. The number of sulfonamides is 1. The first-order valence-electron chi connectivity index (χ1n) is 5.38. The molecule has 0 spiro atoms. The van der Waals surface area contributed by atoms with Crippen LogP contribution in [-0.4, -0.2) is 35.2 Å². The van der Waals surface area contributed by atoms with Crippen LogP contribution in [-0.2, 0) is 21.2 Å². The van der Waals surface area contributed by atoms with E-state index in [4.69, 9.17) is 10.5 Å². The number of ether oxygens (including phenoxy) is 1. The Hall–Kier alpha value is -0.660. The van der Waals surface area contributed by atoms with E-state index in [1.54, 1.807) is 31.4 Å². The number of benzene rings is 1. The van der Waals surface area contributed by atoms with Crippen molar-refractivity contribution < 1.29 is 13.2 Å². The molecule has 0 bridgehead atoms. The van der Waals surface area contributed by atoms with Crippen molar-refractivity contribution >= 4 is 22.4 Å². The molecule has 0 aliphatic carbocycles. The minimum Gasteiger partial charge on any atom is -0.384 e. The van der Waals surface area contributed by atoms with Crippen LogP contribution in [0.2, 0.25) is 0 Å². The lowest BCUT2D eigenvalue weighted by molar-refractivity contribution is 0.202. The Kier molecular flexibility index (Phi) is 8.13. The van der Waals surface area contributed by atoms with Gasteiger partial charge >= 0.3 is 0 Å². The van der Waals surface area contributed by atoms with Crippen LogP contribution in [0.15, 0.2) is 29.2 Å². The van der Waals surface area contributed by atoms with Crippen molar-refractivity contribution in [1.29, 1.82) is 0 Å². The first kappa shape index (κ1) is 17.3. The van der Waals surface area contributed by atoms with Crippen LogP contribution < -0.4 is 10.5 Å². The van der Waals surface area contributed by atoms with Gasteiger partial charge in [-0.25, -0.2) is 13.1 Å². The lowest BCUT2D eigenvalue weighted by atomic mass is 10.2. The van der Waals surface area contributed by atoms with E-state index in [0.717, 1.165) is 12.0 Å². The molecule has 0 aromatic heterocycles. The molecule has 0 radical (unpaired) electrons. The first-order valence-corrected chi connectivity index (χ1v) is 6.86. The Morgan fingerprint density at radius 1 is 1.28 bits per heavy atom. The highest BCUT2D eigenvalue weighted by atomic mass is 35.5. The molecule has 0 unspecified atom stereocenters. The van der Waals surface area contributed by atoms with Gasteiger partial charge in [-0.1, -0.05) is 12.1 Å². The minimum atomic E-state index is -3.42. The second-order valence-electron chi connectivity index (χ2n) is 3.57. The van der Waals surface area contributed by atoms with Gasteiger partial charge < -0.3 is 10.5 Å². The molecule has 0 saturated carbocycles. The monoisotopic (exact) mass is 294 g/mol. The van der Waals surface area contributed by atoms with Crippen LogP contribution in [0.1, 0.15) is 5.56 Å². The van der Waals surface area contributed by atoms with Crippen molar-refractivity contribution in [2.24, 2.45) is 5.73 Å². The summed E-state index contributed by atoms with van der Waals surface area (Å²) in [6.45, 7) is 1.15. The Bertz CT molecular complexity index is 434. The number of rotatable bonds is 7. The maximum Gasteiger partial charge on any atom is 0.240 e. The third-order valence-corrected chi connectivity index (χ3v) is 3.74. The minimum absolute atomic E-state index is 0. The molecular formula is C11H19ClN2O3S. The Labute approximate surface area is 114 Å². The van der Waals surface area contributed by atoms with Gasteiger partial charge in [0.1, 0.15) is 0 Å².